The van der Waals surface area contributed by atoms with Gasteiger partial charge < -0.3 is 14.4 Å². The first-order valence-corrected chi connectivity index (χ1v) is 9.45. The molecule has 1 fully saturated rings. The highest BCUT2D eigenvalue weighted by Crippen LogP contribution is 2.42. The number of carbonyl (C=O) groups excluding carboxylic acids is 1. The lowest BCUT2D eigenvalue weighted by atomic mass is 10.1. The summed E-state index contributed by atoms with van der Waals surface area (Å²) < 4.78 is 10.6. The van der Waals surface area contributed by atoms with Gasteiger partial charge in [0.2, 0.25) is 5.91 Å². The van der Waals surface area contributed by atoms with Crippen molar-refractivity contribution in [3.8, 4) is 11.5 Å². The molecule has 3 rings (SSSR count). The van der Waals surface area contributed by atoms with Crippen molar-refractivity contribution in [2.75, 3.05) is 26.5 Å². The Bertz CT molecular complexity index is 858. The Kier molecular flexibility index (Phi) is 5.85. The number of nitro benzene ring substituents is 1. The molecule has 1 saturated heterocycles. The second-order valence-electron chi connectivity index (χ2n) is 6.01. The molecule has 0 saturated carbocycles. The number of hydrogen-bond donors (Lipinski definition) is 0. The second-order valence-corrected chi connectivity index (χ2v) is 7.07. The summed E-state index contributed by atoms with van der Waals surface area (Å²) in [4.78, 5) is 25.0. The number of carbonyl (C=O) groups is 1. The van der Waals surface area contributed by atoms with Crippen LogP contribution in [0.5, 0.6) is 11.5 Å². The fourth-order valence-corrected chi connectivity index (χ4v) is 4.35. The van der Waals surface area contributed by atoms with Crippen molar-refractivity contribution in [2.45, 2.75) is 11.8 Å². The fourth-order valence-electron chi connectivity index (χ4n) is 3.10. The Morgan fingerprint density at radius 2 is 1.93 bits per heavy atom. The predicted octanol–water partition coefficient (Wildman–Crippen LogP) is 3.43. The van der Waals surface area contributed by atoms with Crippen molar-refractivity contribution in [1.29, 1.82) is 0 Å². The van der Waals surface area contributed by atoms with Gasteiger partial charge in [-0.1, -0.05) is 18.2 Å². The summed E-state index contributed by atoms with van der Waals surface area (Å²) in [6.45, 7) is 0.470. The average Bonchev–Trinajstić information content (AvgIpc) is 3.06. The molecule has 142 valence electrons. The van der Waals surface area contributed by atoms with E-state index in [0.717, 1.165) is 5.56 Å². The van der Waals surface area contributed by atoms with E-state index in [4.69, 9.17) is 9.47 Å². The normalized spacial score (nSPS) is 16.4. The summed E-state index contributed by atoms with van der Waals surface area (Å²) in [6, 6.07) is 12.2. The highest BCUT2D eigenvalue weighted by atomic mass is 32.2. The molecular formula is C19H20N2O5S. The quantitative estimate of drug-likeness (QED) is 0.534. The van der Waals surface area contributed by atoms with Crippen LogP contribution in [0.15, 0.2) is 42.5 Å². The molecule has 0 N–H and O–H groups in total. The number of hydrogen-bond acceptors (Lipinski definition) is 6. The summed E-state index contributed by atoms with van der Waals surface area (Å²) in [5.74, 6) is 1.59. The lowest BCUT2D eigenvalue weighted by Crippen LogP contribution is -2.30. The smallest absolute Gasteiger partial charge is 0.275 e. The molecule has 1 aliphatic heterocycles. The molecule has 0 bridgehead atoms. The molecule has 27 heavy (non-hydrogen) atoms. The number of amides is 1. The van der Waals surface area contributed by atoms with Crippen LogP contribution in [0, 0.1) is 10.1 Å². The van der Waals surface area contributed by atoms with Gasteiger partial charge in [0.25, 0.3) is 5.69 Å². The number of ether oxygens (including phenoxy) is 2. The van der Waals surface area contributed by atoms with E-state index in [-0.39, 0.29) is 17.0 Å². The van der Waals surface area contributed by atoms with Gasteiger partial charge in [-0.25, -0.2) is 0 Å². The van der Waals surface area contributed by atoms with E-state index in [1.165, 1.54) is 17.8 Å². The zero-order chi connectivity index (χ0) is 19.4. The van der Waals surface area contributed by atoms with E-state index in [0.29, 0.717) is 35.8 Å². The van der Waals surface area contributed by atoms with Gasteiger partial charge in [0.1, 0.15) is 5.37 Å². The topological polar surface area (TPSA) is 81.9 Å². The Hall–Kier alpha value is -2.74. The van der Waals surface area contributed by atoms with Gasteiger partial charge in [-0.05, 0) is 30.2 Å². The molecule has 7 nitrogen and oxygen atoms in total. The Balaban J connectivity index is 1.79. The third-order valence-electron chi connectivity index (χ3n) is 4.46. The average molecular weight is 388 g/mol. The van der Waals surface area contributed by atoms with Crippen molar-refractivity contribution >= 4 is 23.4 Å². The summed E-state index contributed by atoms with van der Waals surface area (Å²) in [6.07, 6.45) is 0.615. The lowest BCUT2D eigenvalue weighted by Gasteiger charge is -2.24. The summed E-state index contributed by atoms with van der Waals surface area (Å²) in [5, 5.41) is 11.0. The SMILES string of the molecule is COc1ccc(CCN2C(=O)CSC2c2ccccc2[N+](=O)[O-])cc1OC. The molecule has 8 heteroatoms. The maximum atomic E-state index is 12.4. The van der Waals surface area contributed by atoms with Crippen LogP contribution in [-0.4, -0.2) is 42.2 Å². The standard InChI is InChI=1S/C19H20N2O5S/c1-25-16-8-7-13(11-17(16)26-2)9-10-20-18(22)12-27-19(20)14-5-3-4-6-15(14)21(23)24/h3-8,11,19H,9-10,12H2,1-2H3. The van der Waals surface area contributed by atoms with Crippen molar-refractivity contribution < 1.29 is 19.2 Å². The number of thioether (sulfide) groups is 1. The highest BCUT2D eigenvalue weighted by molar-refractivity contribution is 8.00. The molecule has 2 aromatic rings. The largest absolute Gasteiger partial charge is 0.493 e. The van der Waals surface area contributed by atoms with Crippen molar-refractivity contribution in [3.05, 3.63) is 63.7 Å². The van der Waals surface area contributed by atoms with E-state index in [2.05, 4.69) is 0 Å². The van der Waals surface area contributed by atoms with Crippen LogP contribution in [0.25, 0.3) is 0 Å². The molecule has 1 aliphatic rings. The van der Waals surface area contributed by atoms with Crippen LogP contribution >= 0.6 is 11.8 Å². The maximum absolute atomic E-state index is 12.4. The molecule has 1 unspecified atom stereocenters. The van der Waals surface area contributed by atoms with Gasteiger partial charge in [0, 0.05) is 12.6 Å². The van der Waals surface area contributed by atoms with Crippen LogP contribution < -0.4 is 9.47 Å². The minimum Gasteiger partial charge on any atom is -0.493 e. The molecule has 1 atom stereocenters. The molecule has 2 aromatic carbocycles. The third kappa shape index (κ3) is 4.00. The maximum Gasteiger partial charge on any atom is 0.275 e. The van der Waals surface area contributed by atoms with Gasteiger partial charge >= 0.3 is 0 Å². The number of benzene rings is 2. The van der Waals surface area contributed by atoms with Gasteiger partial charge in [-0.3, -0.25) is 14.9 Å². The lowest BCUT2D eigenvalue weighted by molar-refractivity contribution is -0.385. The second kappa shape index (κ2) is 8.30. The Labute approximate surface area is 161 Å². The van der Waals surface area contributed by atoms with Gasteiger partial charge in [0.05, 0.1) is 30.5 Å². The number of rotatable bonds is 7. The van der Waals surface area contributed by atoms with E-state index in [1.807, 2.05) is 18.2 Å². The summed E-state index contributed by atoms with van der Waals surface area (Å²) >= 11 is 1.42. The predicted molar refractivity (Wildman–Crippen MR) is 103 cm³/mol. The monoisotopic (exact) mass is 388 g/mol. The van der Waals surface area contributed by atoms with E-state index in [1.54, 1.807) is 37.3 Å². The first kappa shape index (κ1) is 19.0. The number of nitrogens with zero attached hydrogens (tertiary/aromatic N) is 2. The molecular weight excluding hydrogens is 368 g/mol. The number of nitro groups is 1. The molecule has 0 aromatic heterocycles. The van der Waals surface area contributed by atoms with Crippen LogP contribution in [0.4, 0.5) is 5.69 Å². The van der Waals surface area contributed by atoms with Crippen molar-refractivity contribution in [3.63, 3.8) is 0 Å². The molecule has 1 amide bonds. The molecule has 1 heterocycles. The zero-order valence-corrected chi connectivity index (χ0v) is 15.9. The summed E-state index contributed by atoms with van der Waals surface area (Å²) in [5.41, 5.74) is 1.60. The zero-order valence-electron chi connectivity index (χ0n) is 15.1. The van der Waals surface area contributed by atoms with Crippen LogP contribution in [0.2, 0.25) is 0 Å². The van der Waals surface area contributed by atoms with E-state index >= 15 is 0 Å². The van der Waals surface area contributed by atoms with Crippen LogP contribution in [-0.2, 0) is 11.2 Å². The van der Waals surface area contributed by atoms with Gasteiger partial charge in [-0.15, -0.1) is 11.8 Å². The Morgan fingerprint density at radius 3 is 2.63 bits per heavy atom. The van der Waals surface area contributed by atoms with E-state index in [9.17, 15) is 14.9 Å². The minimum absolute atomic E-state index is 0.0105. The van der Waals surface area contributed by atoms with E-state index < -0.39 is 4.92 Å². The first-order chi connectivity index (χ1) is 13.0. The van der Waals surface area contributed by atoms with Crippen LogP contribution in [0.3, 0.4) is 0 Å². The number of para-hydroxylation sites is 1. The van der Waals surface area contributed by atoms with Gasteiger partial charge in [0.15, 0.2) is 11.5 Å². The summed E-state index contributed by atoms with van der Waals surface area (Å²) in [7, 11) is 3.15. The van der Waals surface area contributed by atoms with Crippen LogP contribution in [0.1, 0.15) is 16.5 Å². The molecule has 0 aliphatic carbocycles. The van der Waals surface area contributed by atoms with Crippen molar-refractivity contribution in [2.24, 2.45) is 0 Å². The molecule has 0 radical (unpaired) electrons. The Morgan fingerprint density at radius 1 is 1.19 bits per heavy atom. The third-order valence-corrected chi connectivity index (χ3v) is 5.69. The molecule has 0 spiro atoms. The highest BCUT2D eigenvalue weighted by Gasteiger charge is 2.36. The van der Waals surface area contributed by atoms with Crippen molar-refractivity contribution in [1.82, 2.24) is 4.90 Å². The first-order valence-electron chi connectivity index (χ1n) is 8.40. The minimum atomic E-state index is -0.398. The fraction of sp³-hybridized carbons (Fsp3) is 0.316. The van der Waals surface area contributed by atoms with Gasteiger partial charge in [-0.2, -0.15) is 0 Å². The number of methoxy groups -OCH3 is 2.